The topological polar surface area (TPSA) is 194 Å². The van der Waals surface area contributed by atoms with Crippen LogP contribution < -0.4 is 20.9 Å². The van der Waals surface area contributed by atoms with Crippen LogP contribution >= 0.6 is 11.3 Å². The second-order valence-electron chi connectivity index (χ2n) is 15.8. The Labute approximate surface area is 370 Å². The van der Waals surface area contributed by atoms with Gasteiger partial charge in [-0.3, -0.25) is 49.2 Å². The zero-order chi connectivity index (χ0) is 44.5. The number of thiazole rings is 1. The predicted molar refractivity (Wildman–Crippen MR) is 234 cm³/mol. The van der Waals surface area contributed by atoms with E-state index in [2.05, 4.69) is 42.9 Å². The van der Waals surface area contributed by atoms with Crippen LogP contribution in [0.3, 0.4) is 0 Å². The maximum Gasteiger partial charge on any atom is 0.264 e. The molecular weight excluding hydrogens is 844 g/mol. The first-order chi connectivity index (χ1) is 31.0. The number of carbonyl (C=O) groups excluding carboxylic acids is 6. The summed E-state index contributed by atoms with van der Waals surface area (Å²) in [6.07, 6.45) is 1.68. The molecule has 0 radical (unpaired) electrons. The molecule has 16 nitrogen and oxygen atoms in total. The lowest BCUT2D eigenvalue weighted by atomic mass is 10.00. The average Bonchev–Trinajstić information content (AvgIpc) is 4.00. The summed E-state index contributed by atoms with van der Waals surface area (Å²) in [6, 6.07) is 19.7. The number of nitrogens with zero attached hydrogens (tertiary/aromatic N) is 5. The number of carbonyl (C=O) groups is 6. The standard InChI is InChI=1S/C46H43FN8O8S/c47-30-8-12-37(56)34(25-30)40(42(59)51-46-49-15-23-64-46)54-26-29-5-4-28(24-33(29)43(54)60)27-6-9-31(10-7-27)53-18-16-52(17-19-53)20-22-63-21-14-48-35-3-1-2-32-39(35)45(62)55(44(32)61)36-11-13-38(57)50-41(36)58/h1-10,12,15,23-25,36,40,48,56H,11,13-14,16-22,26H2,(H,49,51,59)(H,50,57,58). The molecule has 2 saturated heterocycles. The van der Waals surface area contributed by atoms with Crippen LogP contribution in [0.2, 0.25) is 0 Å². The van der Waals surface area contributed by atoms with Crippen molar-refractivity contribution in [2.24, 2.45) is 0 Å². The largest absolute Gasteiger partial charge is 0.508 e. The van der Waals surface area contributed by atoms with Gasteiger partial charge in [-0.1, -0.05) is 30.3 Å². The van der Waals surface area contributed by atoms with Gasteiger partial charge >= 0.3 is 0 Å². The van der Waals surface area contributed by atoms with Gasteiger partial charge in [0, 0.05) is 86.3 Å². The molecule has 0 bridgehead atoms. The van der Waals surface area contributed by atoms with Crippen molar-refractivity contribution in [1.29, 1.82) is 0 Å². The van der Waals surface area contributed by atoms with Gasteiger partial charge < -0.3 is 25.0 Å². The fourth-order valence-electron chi connectivity index (χ4n) is 8.68. The lowest BCUT2D eigenvalue weighted by Crippen LogP contribution is -2.54. The molecule has 2 atom stereocenters. The summed E-state index contributed by atoms with van der Waals surface area (Å²) < 4.78 is 20.3. The van der Waals surface area contributed by atoms with Crippen molar-refractivity contribution < 1.29 is 43.0 Å². The Morgan fingerprint density at radius 1 is 0.906 bits per heavy atom. The molecule has 0 aliphatic carbocycles. The minimum atomic E-state index is -1.31. The van der Waals surface area contributed by atoms with Crippen LogP contribution in [0.5, 0.6) is 5.75 Å². The molecule has 328 valence electrons. The van der Waals surface area contributed by atoms with Gasteiger partial charge in [0.15, 0.2) is 5.13 Å². The SMILES string of the molecule is O=C1CCC(N2C(=O)c3cccc(NCCOCCN4CCN(c5ccc(-c6ccc7c(c6)C(=O)N(C(C(=O)Nc6nccs6)c6cc(F)ccc6O)C7)cc5)CC4)c3C2=O)C(=O)N1. The first-order valence-electron chi connectivity index (χ1n) is 20.9. The molecule has 5 aromatic rings. The van der Waals surface area contributed by atoms with Gasteiger partial charge in [-0.25, -0.2) is 9.37 Å². The number of phenols is 1. The molecule has 9 rings (SSSR count). The Kier molecular flexibility index (Phi) is 11.9. The highest BCUT2D eigenvalue weighted by molar-refractivity contribution is 7.13. The number of hydrogen-bond donors (Lipinski definition) is 4. The maximum absolute atomic E-state index is 14.4. The van der Waals surface area contributed by atoms with E-state index in [9.17, 15) is 38.3 Å². The van der Waals surface area contributed by atoms with E-state index in [0.29, 0.717) is 41.7 Å². The normalized spacial score (nSPS) is 18.0. The molecule has 0 spiro atoms. The molecule has 4 aromatic carbocycles. The number of nitrogens with one attached hydrogen (secondary N) is 3. The number of rotatable bonds is 14. The summed E-state index contributed by atoms with van der Waals surface area (Å²) in [7, 11) is 0. The number of fused-ring (bicyclic) bond motifs is 2. The van der Waals surface area contributed by atoms with Gasteiger partial charge in [-0.05, 0) is 71.6 Å². The van der Waals surface area contributed by atoms with Crippen LogP contribution in [-0.2, 0) is 25.7 Å². The Morgan fingerprint density at radius 3 is 2.47 bits per heavy atom. The number of anilines is 3. The van der Waals surface area contributed by atoms with Crippen molar-refractivity contribution in [2.45, 2.75) is 31.5 Å². The highest BCUT2D eigenvalue weighted by Crippen LogP contribution is 2.38. The summed E-state index contributed by atoms with van der Waals surface area (Å²) in [5, 5.41) is 20.8. The number of aromatic nitrogens is 1. The van der Waals surface area contributed by atoms with E-state index >= 15 is 0 Å². The molecule has 64 heavy (non-hydrogen) atoms. The van der Waals surface area contributed by atoms with E-state index < -0.39 is 53.3 Å². The number of hydrogen-bond acceptors (Lipinski definition) is 13. The van der Waals surface area contributed by atoms with E-state index in [1.165, 1.54) is 28.5 Å². The fraction of sp³-hybridized carbons (Fsp3) is 0.283. The molecule has 4 N–H and O–H groups in total. The summed E-state index contributed by atoms with van der Waals surface area (Å²) in [6.45, 7) is 5.46. The third-order valence-electron chi connectivity index (χ3n) is 12.0. The summed E-state index contributed by atoms with van der Waals surface area (Å²) >= 11 is 1.20. The van der Waals surface area contributed by atoms with Crippen molar-refractivity contribution in [3.05, 3.63) is 124 Å². The van der Waals surface area contributed by atoms with Gasteiger partial charge in [0.2, 0.25) is 11.8 Å². The van der Waals surface area contributed by atoms with E-state index in [1.807, 2.05) is 24.3 Å². The minimum Gasteiger partial charge on any atom is -0.508 e. The van der Waals surface area contributed by atoms with Crippen molar-refractivity contribution in [3.8, 4) is 16.9 Å². The number of halogens is 1. The lowest BCUT2D eigenvalue weighted by Gasteiger charge is -2.36. The van der Waals surface area contributed by atoms with E-state index in [1.54, 1.807) is 29.6 Å². The Balaban J connectivity index is 0.747. The smallest absolute Gasteiger partial charge is 0.264 e. The van der Waals surface area contributed by atoms with E-state index in [-0.39, 0.29) is 41.8 Å². The highest BCUT2D eigenvalue weighted by atomic mass is 32.1. The third kappa shape index (κ3) is 8.41. The van der Waals surface area contributed by atoms with Gasteiger partial charge in [-0.15, -0.1) is 11.3 Å². The second kappa shape index (κ2) is 18.0. The van der Waals surface area contributed by atoms with Crippen LogP contribution in [0.1, 0.15) is 61.1 Å². The zero-order valence-electron chi connectivity index (χ0n) is 34.4. The number of phenolic OH excluding ortho intramolecular Hbond substituents is 1. The average molecular weight is 887 g/mol. The first-order valence-corrected chi connectivity index (χ1v) is 21.8. The third-order valence-corrected chi connectivity index (χ3v) is 12.7. The van der Waals surface area contributed by atoms with Gasteiger partial charge in [0.1, 0.15) is 23.7 Å². The van der Waals surface area contributed by atoms with Crippen molar-refractivity contribution >= 4 is 63.3 Å². The molecule has 1 aromatic heterocycles. The lowest BCUT2D eigenvalue weighted by molar-refractivity contribution is -0.136. The van der Waals surface area contributed by atoms with Gasteiger partial charge in [-0.2, -0.15) is 0 Å². The zero-order valence-corrected chi connectivity index (χ0v) is 35.2. The molecule has 2 unspecified atom stereocenters. The fourth-order valence-corrected chi connectivity index (χ4v) is 9.21. The van der Waals surface area contributed by atoms with E-state index in [0.717, 1.165) is 66.6 Å². The van der Waals surface area contributed by atoms with Crippen LogP contribution in [-0.4, -0.2) is 119 Å². The Morgan fingerprint density at radius 2 is 1.70 bits per heavy atom. The number of benzene rings is 4. The number of imide groups is 2. The molecule has 6 amide bonds. The number of ether oxygens (including phenoxy) is 1. The van der Waals surface area contributed by atoms with E-state index in [4.69, 9.17) is 4.74 Å². The second-order valence-corrected chi connectivity index (χ2v) is 16.7. The molecule has 4 aliphatic heterocycles. The van der Waals surface area contributed by atoms with Gasteiger partial charge in [0.05, 0.1) is 24.3 Å². The van der Waals surface area contributed by atoms with Crippen molar-refractivity contribution in [3.63, 3.8) is 0 Å². The monoisotopic (exact) mass is 886 g/mol. The molecule has 5 heterocycles. The summed E-state index contributed by atoms with van der Waals surface area (Å²) in [5.74, 6) is -4.17. The van der Waals surface area contributed by atoms with Gasteiger partial charge in [0.25, 0.3) is 23.6 Å². The first kappa shape index (κ1) is 42.3. The van der Waals surface area contributed by atoms with Crippen LogP contribution in [0.15, 0.2) is 90.4 Å². The highest BCUT2D eigenvalue weighted by Gasteiger charge is 2.46. The number of aromatic hydroxyl groups is 1. The summed E-state index contributed by atoms with van der Waals surface area (Å²) in [4.78, 5) is 89.2. The molecule has 4 aliphatic rings. The maximum atomic E-state index is 14.4. The molecule has 2 fully saturated rings. The van der Waals surface area contributed by atoms with Crippen LogP contribution in [0.4, 0.5) is 20.9 Å². The quantitative estimate of drug-likeness (QED) is 0.0894. The minimum absolute atomic E-state index is 0.0265. The molecule has 18 heteroatoms. The molecular formula is C46H43FN8O8S. The Hall–Kier alpha value is -7.02. The number of piperazine rings is 1. The van der Waals surface area contributed by atoms with Crippen LogP contribution in [0, 0.1) is 5.82 Å². The van der Waals surface area contributed by atoms with Crippen molar-refractivity contribution in [1.82, 2.24) is 25.0 Å². The molecule has 0 saturated carbocycles. The summed E-state index contributed by atoms with van der Waals surface area (Å²) in [5.41, 5.74) is 4.83. The van der Waals surface area contributed by atoms with Crippen LogP contribution in [0.25, 0.3) is 11.1 Å². The number of amides is 6. The Bertz CT molecular complexity index is 2650. The predicted octanol–water partition coefficient (Wildman–Crippen LogP) is 4.64. The number of piperidine rings is 1. The van der Waals surface area contributed by atoms with Crippen molar-refractivity contribution in [2.75, 3.05) is 68.0 Å².